The van der Waals surface area contributed by atoms with Crippen LogP contribution >= 0.6 is 0 Å². The Balaban J connectivity index is 0.000000294. The van der Waals surface area contributed by atoms with Crippen LogP contribution in [0.5, 0.6) is 40.2 Å². The quantitative estimate of drug-likeness (QED) is 0.0372. The summed E-state index contributed by atoms with van der Waals surface area (Å²) < 4.78 is 51.1. The van der Waals surface area contributed by atoms with Gasteiger partial charge in [-0.15, -0.1) is 0 Å². The highest BCUT2D eigenvalue weighted by Gasteiger charge is 2.39. The minimum absolute atomic E-state index is 0.00693. The Bertz CT molecular complexity index is 3870. The second kappa shape index (κ2) is 39.1. The number of nitrogens with one attached hydrogen (secondary N) is 2. The van der Waals surface area contributed by atoms with E-state index in [-0.39, 0.29) is 67.3 Å². The molecule has 6 aromatic rings. The molecule has 0 bridgehead atoms. The van der Waals surface area contributed by atoms with Crippen LogP contribution in [0.25, 0.3) is 0 Å². The SMILES string of the molecule is CC[C@H](C(=O)N1CCCC[C@H]1C(=O)O[C@H](CCc1ccc(OC)c(OC)c1)c1cccc(NC(=O)CCC(=O)C(C)(C)C)c1)c1cc(OC)c(OC)c(OC)c1.COc1ccc(CC[C@@H](OC(=O)[C@@H]2CCCCN2C(=O)Cc2ccccc2)c2cccc(NC(=O)CCC(=O)C(C)(C)C)c2)cc1OC. The van der Waals surface area contributed by atoms with Gasteiger partial charge in [-0.3, -0.25) is 28.8 Å². The zero-order valence-corrected chi connectivity index (χ0v) is 63.1. The van der Waals surface area contributed by atoms with Gasteiger partial charge in [-0.25, -0.2) is 9.59 Å². The number of hydrogen-bond donors (Lipinski definition) is 2. The zero-order valence-electron chi connectivity index (χ0n) is 63.1. The van der Waals surface area contributed by atoms with E-state index in [9.17, 15) is 38.4 Å². The lowest BCUT2D eigenvalue weighted by atomic mass is 9.88. The van der Waals surface area contributed by atoms with Crippen molar-refractivity contribution in [3.8, 4) is 40.2 Å². The number of ketones is 2. The van der Waals surface area contributed by atoms with Gasteiger partial charge in [0.15, 0.2) is 34.5 Å². The molecule has 2 heterocycles. The predicted octanol–water partition coefficient (Wildman–Crippen LogP) is 14.7. The Morgan fingerprint density at radius 1 is 0.442 bits per heavy atom. The molecule has 560 valence electrons. The van der Waals surface area contributed by atoms with Crippen LogP contribution < -0.4 is 43.8 Å². The van der Waals surface area contributed by atoms with Gasteiger partial charge in [-0.05, 0) is 165 Å². The van der Waals surface area contributed by atoms with Gasteiger partial charge in [0, 0.05) is 61.0 Å². The standard InChI is InChI=1S/C44H58N2O10.C39H48N2O7/c1-10-32(30-26-37(53-7)41(55-9)38(27-30)54-8)42(49)46-23-12-11-16-33(46)43(50)56-34(19-17-28-18-20-35(51-5)36(24-28)52-6)29-14-13-15-31(25-29)45-40(48)22-21-39(47)44(2,3)4;1-39(2,3)35(42)21-22-36(43)40-30-15-11-14-29(26-30)32(19-17-28-18-20-33(46-4)34(24-28)47-5)48-38(45)31-16-9-10-23-41(31)37(44)25-27-12-7-6-8-13-27/h13-15,18,20,24-27,32-34H,10-12,16-17,19,21-23H2,1-9H3,(H,45,48);6-8,11-15,18,20,24,26,31-32H,9-10,16-17,19,21-23,25H2,1-5H3,(H,40,43)/t32-,33-,34+;31-,32+/m00/s1. The fourth-order valence-corrected chi connectivity index (χ4v) is 12.8. The molecule has 2 N–H and O–H groups in total. The number of piperidine rings is 2. The molecule has 6 aromatic carbocycles. The number of carbonyl (C=O) groups excluding carboxylic acids is 8. The molecule has 5 atom stereocenters. The number of amides is 4. The van der Waals surface area contributed by atoms with Crippen molar-refractivity contribution in [1.82, 2.24) is 9.80 Å². The molecule has 0 aliphatic carbocycles. The lowest BCUT2D eigenvalue weighted by Gasteiger charge is -2.37. The summed E-state index contributed by atoms with van der Waals surface area (Å²) in [7, 11) is 10.9. The number of nitrogens with zero attached hydrogens (tertiary/aromatic N) is 2. The van der Waals surface area contributed by atoms with E-state index in [1.807, 2.05) is 127 Å². The molecule has 104 heavy (non-hydrogen) atoms. The Kier molecular flexibility index (Phi) is 30.6. The normalized spacial score (nSPS) is 15.2. The first-order valence-electron chi connectivity index (χ1n) is 35.9. The fourth-order valence-electron chi connectivity index (χ4n) is 12.8. The Hall–Kier alpha value is -9.92. The van der Waals surface area contributed by atoms with Crippen molar-refractivity contribution in [1.29, 1.82) is 0 Å². The molecule has 2 aliphatic rings. The van der Waals surface area contributed by atoms with Crippen molar-refractivity contribution in [3.05, 3.63) is 161 Å². The summed E-state index contributed by atoms with van der Waals surface area (Å²) >= 11 is 0. The molecule has 21 heteroatoms. The average Bonchev–Trinajstić information content (AvgIpc) is 0.802. The highest BCUT2D eigenvalue weighted by molar-refractivity contribution is 5.96. The van der Waals surface area contributed by atoms with E-state index in [1.54, 1.807) is 86.8 Å². The Labute approximate surface area is 613 Å². The number of anilines is 2. The van der Waals surface area contributed by atoms with E-state index < -0.39 is 53.0 Å². The van der Waals surface area contributed by atoms with Crippen LogP contribution in [0.4, 0.5) is 11.4 Å². The van der Waals surface area contributed by atoms with Crippen LogP contribution in [-0.2, 0) is 67.1 Å². The predicted molar refractivity (Wildman–Crippen MR) is 399 cm³/mol. The molecule has 2 saturated heterocycles. The number of esters is 2. The highest BCUT2D eigenvalue weighted by Crippen LogP contribution is 2.42. The molecule has 0 saturated carbocycles. The summed E-state index contributed by atoms with van der Waals surface area (Å²) in [5, 5.41) is 5.79. The molecular formula is C83H106N4O17. The molecule has 21 nitrogen and oxygen atoms in total. The summed E-state index contributed by atoms with van der Waals surface area (Å²) in [5.41, 5.74) is 4.93. The van der Waals surface area contributed by atoms with Gasteiger partial charge < -0.3 is 63.1 Å². The number of rotatable bonds is 32. The number of carbonyl (C=O) groups is 8. The molecule has 8 rings (SSSR count). The number of likely N-dealkylation sites (tertiary alicyclic amines) is 2. The molecule has 2 fully saturated rings. The van der Waals surface area contributed by atoms with E-state index >= 15 is 0 Å². The highest BCUT2D eigenvalue weighted by atomic mass is 16.6. The maximum Gasteiger partial charge on any atom is 0.329 e. The Morgan fingerprint density at radius 2 is 0.875 bits per heavy atom. The average molecular weight is 1430 g/mol. The van der Waals surface area contributed by atoms with E-state index in [2.05, 4.69) is 10.6 Å². The van der Waals surface area contributed by atoms with Crippen molar-refractivity contribution >= 4 is 58.5 Å². The van der Waals surface area contributed by atoms with Crippen molar-refractivity contribution in [2.75, 3.05) is 73.5 Å². The van der Waals surface area contributed by atoms with Gasteiger partial charge in [-0.1, -0.05) is 115 Å². The monoisotopic (exact) mass is 1430 g/mol. The molecule has 0 unspecified atom stereocenters. The van der Waals surface area contributed by atoms with E-state index in [1.165, 1.54) is 21.3 Å². The maximum absolute atomic E-state index is 14.4. The summed E-state index contributed by atoms with van der Waals surface area (Å²) in [6.07, 6.45) is 5.85. The van der Waals surface area contributed by atoms with Gasteiger partial charge in [0.05, 0.1) is 62.1 Å². The number of Topliss-reactive ketones (excluding diaryl/α,β-unsaturated/α-hetero) is 2. The van der Waals surface area contributed by atoms with Crippen molar-refractivity contribution in [2.45, 2.75) is 181 Å². The summed E-state index contributed by atoms with van der Waals surface area (Å²) in [4.78, 5) is 110. The third-order valence-electron chi connectivity index (χ3n) is 18.9. The maximum atomic E-state index is 14.4. The fraction of sp³-hybridized carbons (Fsp3) is 0.470. The Morgan fingerprint density at radius 3 is 1.29 bits per heavy atom. The molecule has 4 amide bonds. The van der Waals surface area contributed by atoms with Crippen LogP contribution in [-0.4, -0.2) is 132 Å². The number of hydrogen-bond acceptors (Lipinski definition) is 17. The largest absolute Gasteiger partial charge is 0.493 e. The molecule has 0 aromatic heterocycles. The number of benzene rings is 6. The van der Waals surface area contributed by atoms with E-state index in [0.717, 1.165) is 42.4 Å². The number of ether oxygens (including phenoxy) is 9. The van der Waals surface area contributed by atoms with Gasteiger partial charge in [-0.2, -0.15) is 0 Å². The van der Waals surface area contributed by atoms with Crippen LogP contribution in [0.1, 0.15) is 183 Å². The van der Waals surface area contributed by atoms with Crippen molar-refractivity contribution < 1.29 is 81.0 Å². The van der Waals surface area contributed by atoms with Crippen molar-refractivity contribution in [3.63, 3.8) is 0 Å². The van der Waals surface area contributed by atoms with Crippen LogP contribution in [0.3, 0.4) is 0 Å². The third-order valence-corrected chi connectivity index (χ3v) is 18.9. The number of methoxy groups -OCH3 is 7. The minimum Gasteiger partial charge on any atom is -0.493 e. The van der Waals surface area contributed by atoms with Crippen LogP contribution in [0, 0.1) is 10.8 Å². The first kappa shape index (κ1) is 81.4. The molecular weight excluding hydrogens is 1320 g/mol. The van der Waals surface area contributed by atoms with Crippen LogP contribution in [0.15, 0.2) is 127 Å². The lowest BCUT2D eigenvalue weighted by molar-refractivity contribution is -0.162. The van der Waals surface area contributed by atoms with E-state index in [4.69, 9.17) is 42.6 Å². The summed E-state index contributed by atoms with van der Waals surface area (Å²) in [6, 6.07) is 37.4. The second-order valence-electron chi connectivity index (χ2n) is 28.2. The van der Waals surface area contributed by atoms with Crippen molar-refractivity contribution in [2.24, 2.45) is 10.8 Å². The number of aryl methyl sites for hydroxylation is 2. The lowest BCUT2D eigenvalue weighted by Crippen LogP contribution is -2.50. The summed E-state index contributed by atoms with van der Waals surface area (Å²) in [6.45, 7) is 13.9. The smallest absolute Gasteiger partial charge is 0.329 e. The molecule has 2 aliphatic heterocycles. The van der Waals surface area contributed by atoms with E-state index in [0.29, 0.717) is 126 Å². The molecule has 0 radical (unpaired) electrons. The van der Waals surface area contributed by atoms with Gasteiger partial charge in [0.2, 0.25) is 29.4 Å². The third kappa shape index (κ3) is 23.0. The second-order valence-corrected chi connectivity index (χ2v) is 28.2. The molecule has 0 spiro atoms. The first-order valence-corrected chi connectivity index (χ1v) is 35.9. The van der Waals surface area contributed by atoms with Gasteiger partial charge in [0.25, 0.3) is 0 Å². The van der Waals surface area contributed by atoms with Crippen LogP contribution in [0.2, 0.25) is 0 Å². The van der Waals surface area contributed by atoms with Gasteiger partial charge in [0.1, 0.15) is 35.9 Å². The van der Waals surface area contributed by atoms with Gasteiger partial charge >= 0.3 is 11.9 Å². The minimum atomic E-state index is -0.792. The zero-order chi connectivity index (χ0) is 75.7. The topological polar surface area (TPSA) is 250 Å². The first-order chi connectivity index (χ1) is 49.7. The summed E-state index contributed by atoms with van der Waals surface area (Å²) in [5.74, 6) is 1.42.